The van der Waals surface area contributed by atoms with E-state index in [1.165, 1.54) is 0 Å². The van der Waals surface area contributed by atoms with Crippen LogP contribution in [0.1, 0.15) is 298 Å². The summed E-state index contributed by atoms with van der Waals surface area (Å²) in [5.74, 6) is -7.38. The Balaban J connectivity index is 0.0000000991. The van der Waals surface area contributed by atoms with E-state index in [1.54, 1.807) is 69.2 Å². The molecule has 12 fully saturated rings. The summed E-state index contributed by atoms with van der Waals surface area (Å²) in [6.45, 7) is 28.3. The van der Waals surface area contributed by atoms with Crippen LogP contribution >= 0.6 is 0 Å². The van der Waals surface area contributed by atoms with Crippen molar-refractivity contribution >= 4 is 46.3 Å². The fourth-order valence-electron chi connectivity index (χ4n) is 29.3. The molecule has 12 aliphatic heterocycles. The Morgan fingerprint density at radius 2 is 0.593 bits per heavy atom. The first-order chi connectivity index (χ1) is 66.1. The number of fused-ring (bicyclic) bond motifs is 16. The Morgan fingerprint density at radius 1 is 0.321 bits per heavy atom. The van der Waals surface area contributed by atoms with E-state index in [-0.39, 0.29) is 147 Å². The highest BCUT2D eigenvalue weighted by atomic mass is 16.7. The number of ether oxygens (including phenoxy) is 14. The van der Waals surface area contributed by atoms with Crippen LogP contribution in [0.2, 0.25) is 0 Å². The lowest BCUT2D eigenvalue weighted by molar-refractivity contribution is -0.238. The highest BCUT2D eigenvalue weighted by Gasteiger charge is 2.98. The number of aromatic hydroxyl groups is 8. The molecule has 38 heteroatoms. The van der Waals surface area contributed by atoms with Crippen molar-refractivity contribution in [3.63, 3.8) is 0 Å². The van der Waals surface area contributed by atoms with Gasteiger partial charge < -0.3 is 148 Å². The number of ketones is 8. The van der Waals surface area contributed by atoms with Crippen LogP contribution in [0.3, 0.4) is 0 Å². The molecule has 16 N–H and O–H groups in total. The van der Waals surface area contributed by atoms with Crippen molar-refractivity contribution in [2.45, 2.75) is 341 Å². The summed E-state index contributed by atoms with van der Waals surface area (Å²) < 4.78 is 82.8. The van der Waals surface area contributed by atoms with Crippen molar-refractivity contribution in [3.8, 4) is 46.0 Å². The Kier molecular flexibility index (Phi) is 18.6. The van der Waals surface area contributed by atoms with Gasteiger partial charge in [0, 0.05) is 128 Å². The van der Waals surface area contributed by atoms with E-state index in [4.69, 9.17) is 66.3 Å². The van der Waals surface area contributed by atoms with Crippen LogP contribution in [0.25, 0.3) is 0 Å². The van der Waals surface area contributed by atoms with E-state index in [0.717, 1.165) is 0 Å². The van der Waals surface area contributed by atoms with Crippen molar-refractivity contribution in [2.24, 2.45) is 21.7 Å². The molecule has 4 saturated carbocycles. The molecule has 0 aromatic heterocycles. The third kappa shape index (κ3) is 9.91. The lowest BCUT2D eigenvalue weighted by Crippen LogP contribution is -2.50. The van der Waals surface area contributed by atoms with Gasteiger partial charge in [0.15, 0.2) is 71.1 Å². The van der Waals surface area contributed by atoms with Crippen LogP contribution < -0.4 is 0 Å². The lowest BCUT2D eigenvalue weighted by Gasteiger charge is -2.43. The van der Waals surface area contributed by atoms with Gasteiger partial charge in [0.2, 0.25) is 0 Å². The van der Waals surface area contributed by atoms with Gasteiger partial charge in [0.05, 0.1) is 163 Å². The molecule has 140 heavy (non-hydrogen) atoms. The summed E-state index contributed by atoms with van der Waals surface area (Å²) >= 11 is 0. The molecular weight excluding hydrogens is 1830 g/mol. The van der Waals surface area contributed by atoms with E-state index < -0.39 is 272 Å². The van der Waals surface area contributed by atoms with Gasteiger partial charge in [0.25, 0.3) is 0 Å². The predicted octanol–water partition coefficient (Wildman–Crippen LogP) is 6.18. The standard InChI is InChI=1S/C29H30O11.C28H32O10.C23H20O9.C22H22O8/c1-8-7-13-25(36-8)18-15(10(3)37-13)21(31)17-16(22(18)32)23(33)19-20(24(17)34)28-26(19)39-11(4)29(28,35)27(28)40-14-6-5-12(30)9(2)38-14;1-5-12-8-13-16(10(3)35-12)22(31)18-17(21(13)30)23(32)19-20(24(18)33)27-25(19)37-11(4)28(27,34)26(27)38-15-7-6-14(29)9(2)36-15;1-5-4-8-19(30-5)12-9(6(2)31-8)15(24)11-10(16(12)25)17(26)13-14(18(11)27)22-20(13)32-7(3)23(22,29)21(22)28;1-4-8-5-9-10(6(2)29-8)16(24)12-11(15(9)23)17(25)13-14(18(12)26)21-19(13)30-7(3)22(21,28)20(21)27/h9-14,25-27,30-32,35H,1,5-7H2,2-4H3;9-12,14-15,25-26,29-31,34H,5-8H2,1-4H3;6-8,19-21,24-25,28-29H,1,4H2,2-3H3;6-8,19-20,23-24,27-28H,4-5H2,1-3H3/t9-,10-,11?,12-,13-,14-,25+,26?,27?,28?,29?;9-,10-,11?,12-,14-,15-,25?,26?,27?,28?;6-,7?,8-,19+,20?,21?,22?,23?;6-,7?,8-,19?,20?,21?,22?/m0000/s1. The first kappa shape index (κ1) is 91.1. The van der Waals surface area contributed by atoms with Gasteiger partial charge in [-0.05, 0) is 94.9 Å². The lowest BCUT2D eigenvalue weighted by atomic mass is 9.61. The Labute approximate surface area is 795 Å². The molecule has 36 atom stereocenters. The second kappa shape index (κ2) is 28.5. The number of carbonyl (C=O) groups is 8. The zero-order valence-electron chi connectivity index (χ0n) is 77.8. The summed E-state index contributed by atoms with van der Waals surface area (Å²) in [5, 5.41) is 176. The molecule has 12 heterocycles. The van der Waals surface area contributed by atoms with Gasteiger partial charge in [-0.3, -0.25) is 38.4 Å². The van der Waals surface area contributed by atoms with Gasteiger partial charge >= 0.3 is 0 Å². The van der Waals surface area contributed by atoms with Crippen molar-refractivity contribution < 1.29 is 186 Å². The van der Waals surface area contributed by atoms with Crippen LogP contribution in [0.15, 0.2) is 69.3 Å². The first-order valence-corrected chi connectivity index (χ1v) is 48.1. The number of aliphatic hydroxyl groups is 8. The zero-order valence-corrected chi connectivity index (χ0v) is 77.8. The van der Waals surface area contributed by atoms with Gasteiger partial charge in [-0.15, -0.1) is 0 Å². The number of hydrogen-bond acceptors (Lipinski definition) is 38. The highest BCUT2D eigenvalue weighted by Crippen LogP contribution is 2.84. The van der Waals surface area contributed by atoms with Crippen LogP contribution in [0, 0.1) is 21.7 Å². The Hall–Kier alpha value is -10.1. The van der Waals surface area contributed by atoms with Gasteiger partial charge in [-0.1, -0.05) is 27.0 Å². The Bertz CT molecular complexity index is 6770. The number of carbonyl (C=O) groups excluding carboxylic acids is 8. The number of phenols is 8. The largest absolute Gasteiger partial charge is 0.507 e. The number of aliphatic hydroxyl groups excluding tert-OH is 4. The quantitative estimate of drug-likeness (QED) is 0.0958. The minimum absolute atomic E-state index is 0.00480. The zero-order chi connectivity index (χ0) is 99.4. The molecule has 0 amide bonds. The number of phenolic OH excluding ortho intramolecular Hbond substituents is 8. The fraction of sp³-hybridized carbons (Fsp3) is 0.569. The molecule has 0 radical (unpaired) electrons. The van der Waals surface area contributed by atoms with E-state index >= 15 is 0 Å². The molecule has 38 nitrogen and oxygen atoms in total. The molecule has 12 aliphatic carbocycles. The van der Waals surface area contributed by atoms with E-state index in [2.05, 4.69) is 13.2 Å². The SMILES string of the molecule is C=C1C[C@@H]2O[C@@H](C)c3c(O)c4c(c(O)c3[C@@H]2O1)C(=O)C1=C(C4=O)C23C1OC(C)C2(O)C3O.C=C1C[C@@H]2O[C@@H](C)c3c(O)c4c(c(O)c3[C@@H]2O1)C(=O)C1=C(C4=O)C23C1OC(C)C2(O)C3O[C@H]1CC[C@H](O)[C@H](C)O1.CC[C@H]1Cc2c(O)c3c(c(O)c2[C@H](C)O1)C(=O)C1=C(C3=O)C2OC(C)C3(O)C(O)C123.CC[C@H]1Cc2c(O)c3c(c(O)c2[C@H](C)O1)C(=O)C1=C(C3=O)C2OC(C)C3(O)C(O[C@H]4CC[C@H](O)[C@H](C)O4)C123. The topological polar surface area (TPSA) is 589 Å². The van der Waals surface area contributed by atoms with E-state index in [9.17, 15) is 120 Å². The average Bonchev–Trinajstić information content (AvgIpc) is 1.43. The molecule has 0 bridgehead atoms. The highest BCUT2D eigenvalue weighted by molar-refractivity contribution is 6.36. The van der Waals surface area contributed by atoms with E-state index in [0.29, 0.717) is 98.0 Å². The van der Waals surface area contributed by atoms with Crippen LogP contribution in [-0.2, 0) is 79.2 Å². The second-order valence-corrected chi connectivity index (χ2v) is 42.3. The summed E-state index contributed by atoms with van der Waals surface area (Å²) in [6.07, 6.45) is -15.4. The normalized spacial score (nSPS) is 44.6. The number of Topliss-reactive ketones (excluding diaryl/α,β-unsaturated/α-hetero) is 8. The predicted molar refractivity (Wildman–Crippen MR) is 466 cm³/mol. The molecule has 24 aliphatic rings. The van der Waals surface area contributed by atoms with Crippen molar-refractivity contribution in [1.29, 1.82) is 0 Å². The third-order valence-corrected chi connectivity index (χ3v) is 36.3. The van der Waals surface area contributed by atoms with Gasteiger partial charge in [0.1, 0.15) is 129 Å². The van der Waals surface area contributed by atoms with Crippen LogP contribution in [0.4, 0.5) is 0 Å². The smallest absolute Gasteiger partial charge is 0.196 e. The van der Waals surface area contributed by atoms with Gasteiger partial charge in [-0.2, -0.15) is 0 Å². The monoisotopic (exact) mass is 1940 g/mol. The summed E-state index contributed by atoms with van der Waals surface area (Å²) in [4.78, 5) is 110. The molecule has 4 spiro atoms. The molecule has 28 rings (SSSR count). The van der Waals surface area contributed by atoms with Crippen LogP contribution in [0.5, 0.6) is 46.0 Å². The average molecular weight is 1940 g/mol. The van der Waals surface area contributed by atoms with Crippen molar-refractivity contribution in [1.82, 2.24) is 0 Å². The van der Waals surface area contributed by atoms with Gasteiger partial charge in [-0.25, -0.2) is 0 Å². The minimum Gasteiger partial charge on any atom is -0.507 e. The number of benzene rings is 4. The number of hydrogen-bond donors (Lipinski definition) is 16. The molecule has 740 valence electrons. The molecular formula is C102H104O38. The number of rotatable bonds is 6. The second-order valence-electron chi connectivity index (χ2n) is 42.3. The minimum atomic E-state index is -1.67. The summed E-state index contributed by atoms with van der Waals surface area (Å²) in [5.41, 5.74) is -11.5. The maximum atomic E-state index is 14.2. The third-order valence-electron chi connectivity index (χ3n) is 36.3. The van der Waals surface area contributed by atoms with E-state index in [1.807, 2.05) is 13.8 Å². The summed E-state index contributed by atoms with van der Waals surface area (Å²) in [7, 11) is 0. The van der Waals surface area contributed by atoms with Crippen LogP contribution in [-0.4, -0.2) is 285 Å². The molecule has 8 saturated heterocycles. The Morgan fingerprint density at radius 3 is 0.900 bits per heavy atom. The molecule has 4 aromatic rings. The molecule has 20 unspecified atom stereocenters. The first-order valence-electron chi connectivity index (χ1n) is 48.1. The maximum absolute atomic E-state index is 14.2. The molecule has 4 aromatic carbocycles. The fourth-order valence-corrected chi connectivity index (χ4v) is 29.3. The summed E-state index contributed by atoms with van der Waals surface area (Å²) in [6, 6.07) is 0. The van der Waals surface area contributed by atoms with Crippen molar-refractivity contribution in [2.75, 3.05) is 0 Å². The maximum Gasteiger partial charge on any atom is 0.196 e. The van der Waals surface area contributed by atoms with Crippen molar-refractivity contribution in [3.05, 3.63) is 158 Å².